The summed E-state index contributed by atoms with van der Waals surface area (Å²) in [6, 6.07) is 13.6. The summed E-state index contributed by atoms with van der Waals surface area (Å²) in [5.41, 5.74) is 16.1. The number of aromatic amines is 1. The number of benzene rings is 2. The first-order valence-electron chi connectivity index (χ1n) is 7.58. The molecule has 4 rings (SSSR count). The second-order valence-corrected chi connectivity index (χ2v) is 5.70. The Morgan fingerprint density at radius 1 is 1.17 bits per heavy atom. The summed E-state index contributed by atoms with van der Waals surface area (Å²) in [5, 5.41) is 14.5. The third kappa shape index (κ3) is 2.39. The van der Waals surface area contributed by atoms with Crippen LogP contribution in [0.1, 0.15) is 11.1 Å². The zero-order valence-corrected chi connectivity index (χ0v) is 12.8. The summed E-state index contributed by atoms with van der Waals surface area (Å²) in [5.74, 6) is 0.00335. The van der Waals surface area contributed by atoms with Crippen molar-refractivity contribution in [3.63, 3.8) is 0 Å². The predicted octanol–water partition coefficient (Wildman–Crippen LogP) is 2.36. The molecule has 0 saturated carbocycles. The molecule has 1 aliphatic heterocycles. The van der Waals surface area contributed by atoms with E-state index in [9.17, 15) is 5.11 Å². The van der Waals surface area contributed by atoms with E-state index >= 15 is 0 Å². The Kier molecular flexibility index (Phi) is 3.25. The van der Waals surface area contributed by atoms with Crippen LogP contribution in [0.5, 0.6) is 0 Å². The van der Waals surface area contributed by atoms with Gasteiger partial charge in [-0.3, -0.25) is 0 Å². The standard InChI is InChI=1S/C18H17N5O/c19-18(20)22-11-5-6-16-13(8-11)14(17(24)23-16)7-10-9-21-15-4-2-1-3-12(10)15/h1-9,17,21,23-24H,(H4,19,20,22). The lowest BCUT2D eigenvalue weighted by molar-refractivity contribution is 0.266. The van der Waals surface area contributed by atoms with Gasteiger partial charge in [0.2, 0.25) is 0 Å². The van der Waals surface area contributed by atoms with Crippen LogP contribution >= 0.6 is 0 Å². The number of guanidine groups is 1. The van der Waals surface area contributed by atoms with E-state index in [1.54, 1.807) is 6.07 Å². The summed E-state index contributed by atoms with van der Waals surface area (Å²) in [4.78, 5) is 7.31. The molecule has 0 aliphatic carbocycles. The van der Waals surface area contributed by atoms with Crippen LogP contribution in [-0.4, -0.2) is 22.3 Å². The van der Waals surface area contributed by atoms with Gasteiger partial charge in [0.1, 0.15) is 0 Å². The number of hydrogen-bond acceptors (Lipinski definition) is 3. The van der Waals surface area contributed by atoms with Crippen LogP contribution in [0.25, 0.3) is 22.6 Å². The van der Waals surface area contributed by atoms with Crippen LogP contribution in [-0.2, 0) is 0 Å². The third-order valence-corrected chi connectivity index (χ3v) is 4.09. The van der Waals surface area contributed by atoms with E-state index in [1.807, 2.05) is 48.7 Å². The summed E-state index contributed by atoms with van der Waals surface area (Å²) >= 11 is 0. The Morgan fingerprint density at radius 3 is 2.83 bits per heavy atom. The number of nitrogens with two attached hydrogens (primary N) is 2. The SMILES string of the molecule is NC(N)=Nc1ccc2c(c1)C(=Cc1c[nH]c3ccccc13)C(O)N2. The van der Waals surface area contributed by atoms with Gasteiger partial charge in [-0.1, -0.05) is 18.2 Å². The van der Waals surface area contributed by atoms with E-state index < -0.39 is 6.23 Å². The van der Waals surface area contributed by atoms with Gasteiger partial charge < -0.3 is 26.9 Å². The van der Waals surface area contributed by atoms with Crippen molar-refractivity contribution < 1.29 is 5.11 Å². The fourth-order valence-corrected chi connectivity index (χ4v) is 3.03. The lowest BCUT2D eigenvalue weighted by Gasteiger charge is -2.05. The molecule has 1 atom stereocenters. The molecule has 1 aromatic heterocycles. The van der Waals surface area contributed by atoms with Crippen molar-refractivity contribution in [1.82, 2.24) is 4.98 Å². The second kappa shape index (κ2) is 5.43. The molecule has 6 heteroatoms. The molecule has 7 N–H and O–H groups in total. The highest BCUT2D eigenvalue weighted by Gasteiger charge is 2.24. The highest BCUT2D eigenvalue weighted by molar-refractivity contribution is 6.00. The molecule has 3 aromatic rings. The summed E-state index contributed by atoms with van der Waals surface area (Å²) in [6.45, 7) is 0. The minimum atomic E-state index is -0.775. The fraction of sp³-hybridized carbons (Fsp3) is 0.0556. The molecule has 0 bridgehead atoms. The smallest absolute Gasteiger partial charge is 0.191 e. The normalized spacial score (nSPS) is 17.7. The number of rotatable bonds is 2. The van der Waals surface area contributed by atoms with Gasteiger partial charge in [-0.05, 0) is 30.3 Å². The van der Waals surface area contributed by atoms with Crippen LogP contribution in [0, 0.1) is 0 Å². The van der Waals surface area contributed by atoms with Gasteiger partial charge in [0.25, 0.3) is 0 Å². The second-order valence-electron chi connectivity index (χ2n) is 5.70. The Morgan fingerprint density at radius 2 is 2.00 bits per heavy atom. The topological polar surface area (TPSA) is 112 Å². The number of hydrogen-bond donors (Lipinski definition) is 5. The van der Waals surface area contributed by atoms with E-state index in [-0.39, 0.29) is 5.96 Å². The fourth-order valence-electron chi connectivity index (χ4n) is 3.03. The third-order valence-electron chi connectivity index (χ3n) is 4.09. The minimum absolute atomic E-state index is 0.00335. The molecule has 1 aliphatic rings. The van der Waals surface area contributed by atoms with Gasteiger partial charge in [0.15, 0.2) is 12.2 Å². The zero-order chi connectivity index (χ0) is 16.7. The molecule has 0 spiro atoms. The summed E-state index contributed by atoms with van der Waals surface area (Å²) in [6.07, 6.45) is 3.13. The van der Waals surface area contributed by atoms with Gasteiger partial charge in [-0.2, -0.15) is 0 Å². The first-order valence-corrected chi connectivity index (χ1v) is 7.58. The number of aliphatic hydroxyl groups excluding tert-OH is 1. The molecule has 6 nitrogen and oxygen atoms in total. The molecule has 0 fully saturated rings. The maximum atomic E-state index is 10.4. The van der Waals surface area contributed by atoms with Gasteiger partial charge >= 0.3 is 0 Å². The average Bonchev–Trinajstić information content (AvgIpc) is 3.09. The first kappa shape index (κ1) is 14.3. The van der Waals surface area contributed by atoms with Crippen LogP contribution < -0.4 is 16.8 Å². The van der Waals surface area contributed by atoms with Crippen molar-refractivity contribution in [3.8, 4) is 0 Å². The van der Waals surface area contributed by atoms with Crippen molar-refractivity contribution in [2.75, 3.05) is 5.32 Å². The Hall–Kier alpha value is -3.25. The van der Waals surface area contributed by atoms with E-state index in [0.29, 0.717) is 5.69 Å². The predicted molar refractivity (Wildman–Crippen MR) is 97.7 cm³/mol. The average molecular weight is 319 g/mol. The molecule has 1 unspecified atom stereocenters. The number of aliphatic hydroxyl groups is 1. The summed E-state index contributed by atoms with van der Waals surface area (Å²) < 4.78 is 0. The van der Waals surface area contributed by atoms with Crippen LogP contribution in [0.15, 0.2) is 53.7 Å². The molecule has 120 valence electrons. The molecule has 0 amide bonds. The molecular formula is C18H17N5O. The molecule has 0 radical (unpaired) electrons. The Labute approximate surface area is 138 Å². The van der Waals surface area contributed by atoms with E-state index in [2.05, 4.69) is 15.3 Å². The van der Waals surface area contributed by atoms with Gasteiger partial charge in [0.05, 0.1) is 5.69 Å². The molecule has 0 saturated heterocycles. The van der Waals surface area contributed by atoms with Crippen LogP contribution in [0.4, 0.5) is 11.4 Å². The molecular weight excluding hydrogens is 302 g/mol. The number of aliphatic imine (C=N–C) groups is 1. The van der Waals surface area contributed by atoms with Crippen molar-refractivity contribution in [1.29, 1.82) is 0 Å². The number of H-pyrrole nitrogens is 1. The lowest BCUT2D eigenvalue weighted by atomic mass is 10.0. The van der Waals surface area contributed by atoms with Crippen molar-refractivity contribution >= 4 is 39.9 Å². The molecule has 2 aromatic carbocycles. The molecule has 2 heterocycles. The van der Waals surface area contributed by atoms with E-state index in [1.165, 1.54) is 0 Å². The van der Waals surface area contributed by atoms with Crippen molar-refractivity contribution in [2.45, 2.75) is 6.23 Å². The quantitative estimate of drug-likeness (QED) is 0.368. The highest BCUT2D eigenvalue weighted by Crippen LogP contribution is 2.38. The number of anilines is 1. The number of nitrogens with one attached hydrogen (secondary N) is 2. The van der Waals surface area contributed by atoms with E-state index in [4.69, 9.17) is 11.5 Å². The Balaban J connectivity index is 1.83. The maximum Gasteiger partial charge on any atom is 0.191 e. The highest BCUT2D eigenvalue weighted by atomic mass is 16.3. The zero-order valence-electron chi connectivity index (χ0n) is 12.8. The number of nitrogens with zero attached hydrogens (tertiary/aromatic N) is 1. The largest absolute Gasteiger partial charge is 0.370 e. The number of fused-ring (bicyclic) bond motifs is 2. The lowest BCUT2D eigenvalue weighted by Crippen LogP contribution is -2.21. The molecule has 24 heavy (non-hydrogen) atoms. The number of para-hydroxylation sites is 1. The van der Waals surface area contributed by atoms with Crippen LogP contribution in [0.2, 0.25) is 0 Å². The van der Waals surface area contributed by atoms with Crippen molar-refractivity contribution in [3.05, 3.63) is 59.8 Å². The maximum absolute atomic E-state index is 10.4. The Bertz CT molecular complexity index is 982. The van der Waals surface area contributed by atoms with Gasteiger partial charge in [-0.15, -0.1) is 0 Å². The van der Waals surface area contributed by atoms with Gasteiger partial charge in [0, 0.05) is 39.5 Å². The monoisotopic (exact) mass is 319 g/mol. The van der Waals surface area contributed by atoms with Gasteiger partial charge in [-0.25, -0.2) is 4.99 Å². The summed E-state index contributed by atoms with van der Waals surface area (Å²) in [7, 11) is 0. The van der Waals surface area contributed by atoms with Crippen LogP contribution in [0.3, 0.4) is 0 Å². The van der Waals surface area contributed by atoms with E-state index in [0.717, 1.165) is 33.3 Å². The first-order chi connectivity index (χ1) is 11.6. The van der Waals surface area contributed by atoms with Crippen molar-refractivity contribution in [2.24, 2.45) is 16.5 Å². The number of aromatic nitrogens is 1. The minimum Gasteiger partial charge on any atom is -0.370 e.